The monoisotopic (exact) mass is 477 g/mol. The van der Waals surface area contributed by atoms with Gasteiger partial charge in [0.25, 0.3) is 5.91 Å². The Bertz CT molecular complexity index is 1130. The predicted molar refractivity (Wildman–Crippen MR) is 118 cm³/mol. The molecule has 4 N–H and O–H groups in total. The SMILES string of the molecule is COC(=O)c1ccc(Oc2ncnc(NNC(=O)COc3ccc(Cl)cc3Cl)c2N)cc1. The van der Waals surface area contributed by atoms with E-state index in [0.717, 1.165) is 0 Å². The van der Waals surface area contributed by atoms with Crippen molar-refractivity contribution in [3.05, 3.63) is 64.4 Å². The topological polar surface area (TPSA) is 138 Å². The minimum atomic E-state index is -0.519. The Morgan fingerprint density at radius 1 is 1.09 bits per heavy atom. The predicted octanol–water partition coefficient (Wildman–Crippen LogP) is 3.47. The van der Waals surface area contributed by atoms with Crippen LogP contribution in [-0.4, -0.2) is 35.6 Å². The molecule has 0 spiro atoms. The largest absolute Gasteiger partial charge is 0.482 e. The molecule has 0 saturated heterocycles. The summed E-state index contributed by atoms with van der Waals surface area (Å²) in [5.41, 5.74) is 11.4. The van der Waals surface area contributed by atoms with E-state index in [0.29, 0.717) is 22.1 Å². The lowest BCUT2D eigenvalue weighted by atomic mass is 10.2. The summed E-state index contributed by atoms with van der Waals surface area (Å²) in [5, 5.41) is 0.727. The molecule has 0 aliphatic heterocycles. The van der Waals surface area contributed by atoms with Crippen LogP contribution in [0.2, 0.25) is 10.0 Å². The molecule has 10 nitrogen and oxygen atoms in total. The minimum Gasteiger partial charge on any atom is -0.482 e. The highest BCUT2D eigenvalue weighted by molar-refractivity contribution is 6.35. The first-order valence-corrected chi connectivity index (χ1v) is 9.72. The summed E-state index contributed by atoms with van der Waals surface area (Å²) in [6.07, 6.45) is 1.20. The van der Waals surface area contributed by atoms with Gasteiger partial charge in [0.1, 0.15) is 23.5 Å². The molecular weight excluding hydrogens is 461 g/mol. The van der Waals surface area contributed by atoms with E-state index < -0.39 is 11.9 Å². The summed E-state index contributed by atoms with van der Waals surface area (Å²) in [5.74, 6) is -0.142. The summed E-state index contributed by atoms with van der Waals surface area (Å²) in [4.78, 5) is 31.5. The average molecular weight is 478 g/mol. The molecule has 0 saturated carbocycles. The van der Waals surface area contributed by atoms with Gasteiger partial charge in [0.05, 0.1) is 17.7 Å². The van der Waals surface area contributed by atoms with E-state index in [1.165, 1.54) is 31.6 Å². The van der Waals surface area contributed by atoms with Crippen molar-refractivity contribution in [2.45, 2.75) is 0 Å². The molecule has 0 atom stereocenters. The van der Waals surface area contributed by atoms with Gasteiger partial charge in [0.15, 0.2) is 12.4 Å². The number of nitrogens with zero attached hydrogens (tertiary/aromatic N) is 2. The van der Waals surface area contributed by atoms with Crippen LogP contribution in [0.1, 0.15) is 10.4 Å². The van der Waals surface area contributed by atoms with Gasteiger partial charge in [-0.15, -0.1) is 0 Å². The van der Waals surface area contributed by atoms with Gasteiger partial charge in [0.2, 0.25) is 5.88 Å². The van der Waals surface area contributed by atoms with Crippen molar-refractivity contribution < 1.29 is 23.8 Å². The maximum absolute atomic E-state index is 12.0. The lowest BCUT2D eigenvalue weighted by Crippen LogP contribution is -2.34. The zero-order valence-electron chi connectivity index (χ0n) is 16.6. The maximum Gasteiger partial charge on any atom is 0.337 e. The van der Waals surface area contributed by atoms with Crippen LogP contribution in [0.5, 0.6) is 17.4 Å². The number of anilines is 2. The van der Waals surface area contributed by atoms with Crippen molar-refractivity contribution in [2.24, 2.45) is 0 Å². The normalized spacial score (nSPS) is 10.2. The fourth-order valence-corrected chi connectivity index (χ4v) is 2.81. The Labute approximate surface area is 192 Å². The maximum atomic E-state index is 12.0. The molecule has 0 bridgehead atoms. The number of nitrogens with two attached hydrogens (primary N) is 1. The van der Waals surface area contributed by atoms with Crippen LogP contribution < -0.4 is 26.1 Å². The number of methoxy groups -OCH3 is 1. The van der Waals surface area contributed by atoms with E-state index in [9.17, 15) is 9.59 Å². The average Bonchev–Trinajstić information content (AvgIpc) is 2.79. The quantitative estimate of drug-likeness (QED) is 0.328. The van der Waals surface area contributed by atoms with Gasteiger partial charge in [-0.3, -0.25) is 15.6 Å². The number of ether oxygens (including phenoxy) is 3. The summed E-state index contributed by atoms with van der Waals surface area (Å²) < 4.78 is 15.6. The first kappa shape index (κ1) is 22.9. The number of nitrogen functional groups attached to an aromatic ring is 1. The number of hydrazine groups is 1. The molecule has 0 aliphatic carbocycles. The number of hydrogen-bond acceptors (Lipinski definition) is 9. The molecule has 0 aliphatic rings. The van der Waals surface area contributed by atoms with E-state index >= 15 is 0 Å². The third-order valence-corrected chi connectivity index (χ3v) is 4.44. The van der Waals surface area contributed by atoms with Crippen molar-refractivity contribution in [3.8, 4) is 17.4 Å². The number of amides is 1. The summed E-state index contributed by atoms with van der Waals surface area (Å²) >= 11 is 11.8. The second-order valence-corrected chi connectivity index (χ2v) is 6.94. The summed E-state index contributed by atoms with van der Waals surface area (Å²) in [6.45, 7) is -0.324. The van der Waals surface area contributed by atoms with Gasteiger partial charge in [-0.1, -0.05) is 23.2 Å². The van der Waals surface area contributed by atoms with Crippen LogP contribution in [0.3, 0.4) is 0 Å². The Hall–Kier alpha value is -3.76. The fourth-order valence-electron chi connectivity index (χ4n) is 2.35. The molecule has 2 aromatic carbocycles. The molecule has 1 aromatic heterocycles. The van der Waals surface area contributed by atoms with Crippen LogP contribution in [0.15, 0.2) is 48.8 Å². The molecule has 0 unspecified atom stereocenters. The van der Waals surface area contributed by atoms with Crippen molar-refractivity contribution in [3.63, 3.8) is 0 Å². The molecule has 3 rings (SSSR count). The highest BCUT2D eigenvalue weighted by Gasteiger charge is 2.13. The van der Waals surface area contributed by atoms with Crippen LogP contribution >= 0.6 is 23.2 Å². The van der Waals surface area contributed by atoms with E-state index in [2.05, 4.69) is 25.6 Å². The summed E-state index contributed by atoms with van der Waals surface area (Å²) in [7, 11) is 1.29. The number of nitrogens with one attached hydrogen (secondary N) is 2. The van der Waals surface area contributed by atoms with Gasteiger partial charge in [0, 0.05) is 5.02 Å². The van der Waals surface area contributed by atoms with E-state index in [-0.39, 0.29) is 29.0 Å². The van der Waals surface area contributed by atoms with Crippen molar-refractivity contribution >= 4 is 46.6 Å². The Balaban J connectivity index is 1.58. The second kappa shape index (κ2) is 10.5. The van der Waals surface area contributed by atoms with E-state index in [1.807, 2.05) is 0 Å². The van der Waals surface area contributed by atoms with Gasteiger partial charge in [-0.05, 0) is 42.5 Å². The number of carbonyl (C=O) groups is 2. The molecule has 0 fully saturated rings. The van der Waals surface area contributed by atoms with Crippen LogP contribution in [0.4, 0.5) is 11.5 Å². The number of benzene rings is 2. The van der Waals surface area contributed by atoms with Crippen molar-refractivity contribution in [2.75, 3.05) is 24.9 Å². The molecule has 1 heterocycles. The molecule has 1 amide bonds. The lowest BCUT2D eigenvalue weighted by Gasteiger charge is -2.13. The molecule has 0 radical (unpaired) electrons. The third kappa shape index (κ3) is 5.90. The zero-order chi connectivity index (χ0) is 23.1. The molecule has 3 aromatic rings. The summed E-state index contributed by atoms with van der Waals surface area (Å²) in [6, 6.07) is 10.8. The molecule has 12 heteroatoms. The molecular formula is C20H17Cl2N5O5. The molecule has 166 valence electrons. The van der Waals surface area contributed by atoms with Gasteiger partial charge >= 0.3 is 5.97 Å². The van der Waals surface area contributed by atoms with E-state index in [1.54, 1.807) is 24.3 Å². The van der Waals surface area contributed by atoms with Gasteiger partial charge < -0.3 is 19.9 Å². The first-order valence-electron chi connectivity index (χ1n) is 8.96. The highest BCUT2D eigenvalue weighted by Crippen LogP contribution is 2.29. The van der Waals surface area contributed by atoms with Gasteiger partial charge in [-0.25, -0.2) is 9.78 Å². The fraction of sp³-hybridized carbons (Fsp3) is 0.100. The van der Waals surface area contributed by atoms with Crippen LogP contribution in [-0.2, 0) is 9.53 Å². The van der Waals surface area contributed by atoms with Crippen molar-refractivity contribution in [1.29, 1.82) is 0 Å². The second-order valence-electron chi connectivity index (χ2n) is 6.10. The minimum absolute atomic E-state index is 0.0477. The number of hydrogen-bond donors (Lipinski definition) is 3. The highest BCUT2D eigenvalue weighted by atomic mass is 35.5. The van der Waals surface area contributed by atoms with Crippen LogP contribution in [0, 0.1) is 0 Å². The van der Waals surface area contributed by atoms with Crippen LogP contribution in [0.25, 0.3) is 0 Å². The number of carbonyl (C=O) groups excluding carboxylic acids is 2. The Kier molecular flexibility index (Phi) is 7.53. The number of rotatable bonds is 8. The Morgan fingerprint density at radius 2 is 1.84 bits per heavy atom. The van der Waals surface area contributed by atoms with Gasteiger partial charge in [-0.2, -0.15) is 4.98 Å². The number of esters is 1. The third-order valence-electron chi connectivity index (χ3n) is 3.91. The lowest BCUT2D eigenvalue weighted by molar-refractivity contribution is -0.122. The number of aromatic nitrogens is 2. The zero-order valence-corrected chi connectivity index (χ0v) is 18.1. The smallest absolute Gasteiger partial charge is 0.337 e. The van der Waals surface area contributed by atoms with Crippen molar-refractivity contribution in [1.82, 2.24) is 15.4 Å². The first-order chi connectivity index (χ1) is 15.4. The number of halogens is 2. The molecule has 32 heavy (non-hydrogen) atoms. The Morgan fingerprint density at radius 3 is 2.53 bits per heavy atom. The van der Waals surface area contributed by atoms with E-state index in [4.69, 9.17) is 38.4 Å². The standard InChI is InChI=1S/C20H17Cl2N5O5/c1-30-20(29)11-2-5-13(6-3-11)32-19-17(23)18(24-10-25-19)27-26-16(28)9-31-15-7-4-12(21)8-14(15)22/h2-8,10H,9,23H2,1H3,(H,26,28)(H,24,25,27).